The lowest BCUT2D eigenvalue weighted by molar-refractivity contribution is -0.140. The van der Waals surface area contributed by atoms with E-state index in [1.165, 1.54) is 38.5 Å². The highest BCUT2D eigenvalue weighted by molar-refractivity contribution is 5.95. The van der Waals surface area contributed by atoms with Crippen molar-refractivity contribution in [2.75, 3.05) is 14.2 Å². The van der Waals surface area contributed by atoms with E-state index in [1.54, 1.807) is 24.3 Å². The number of carbonyl (C=O) groups excluding carboxylic acids is 1. The molecule has 0 aliphatic rings. The lowest BCUT2D eigenvalue weighted by Crippen LogP contribution is -2.07. The van der Waals surface area contributed by atoms with Crippen LogP contribution in [0.25, 0.3) is 22.1 Å². The molecule has 37 heavy (non-hydrogen) atoms. The zero-order valence-corrected chi connectivity index (χ0v) is 19.9. The molecule has 0 unspecified atom stereocenters. The van der Waals surface area contributed by atoms with Gasteiger partial charge in [-0.3, -0.25) is 4.79 Å². The van der Waals surface area contributed by atoms with Gasteiger partial charge in [-0.15, -0.1) is 0 Å². The first-order valence-corrected chi connectivity index (χ1v) is 11.1. The fourth-order valence-electron chi connectivity index (χ4n) is 3.98. The summed E-state index contributed by atoms with van der Waals surface area (Å²) in [5.41, 5.74) is 5.71. The van der Waals surface area contributed by atoms with Crippen molar-refractivity contribution < 1.29 is 41.0 Å². The Morgan fingerprint density at radius 1 is 1.03 bits per heavy atom. The Morgan fingerprint density at radius 3 is 2.49 bits per heavy atom. The summed E-state index contributed by atoms with van der Waals surface area (Å²) in [6, 6.07) is 12.1. The number of benzene rings is 3. The van der Waals surface area contributed by atoms with E-state index in [2.05, 4.69) is 0 Å². The van der Waals surface area contributed by atoms with E-state index in [0.717, 1.165) is 0 Å². The summed E-state index contributed by atoms with van der Waals surface area (Å²) in [6.07, 6.45) is -4.17. The fraction of sp³-hybridized carbons (Fsp3) is 0.222. The molecule has 0 radical (unpaired) electrons. The smallest absolute Gasteiger partial charge is 0.420 e. The molecule has 0 saturated carbocycles. The monoisotopic (exact) mass is 517 g/mol. The van der Waals surface area contributed by atoms with Crippen LogP contribution in [0.1, 0.15) is 22.3 Å². The molecule has 0 amide bonds. The topological polar surface area (TPSA) is 83.9 Å². The quantitative estimate of drug-likeness (QED) is 0.227. The maximum absolute atomic E-state index is 15.2. The second-order valence-electron chi connectivity index (χ2n) is 8.17. The summed E-state index contributed by atoms with van der Waals surface area (Å²) in [4.78, 5) is 11.8. The number of rotatable bonds is 8. The molecule has 194 valence electrons. The first-order chi connectivity index (χ1) is 17.7. The first kappa shape index (κ1) is 26.0. The lowest BCUT2D eigenvalue weighted by Gasteiger charge is -2.14. The van der Waals surface area contributed by atoms with Crippen molar-refractivity contribution >= 4 is 16.9 Å². The Bertz CT molecular complexity index is 1440. The number of esters is 1. The number of nitrogens with two attached hydrogens (primary N) is 1. The molecule has 0 atom stereocenters. The van der Waals surface area contributed by atoms with Crippen LogP contribution in [-0.4, -0.2) is 20.2 Å². The van der Waals surface area contributed by atoms with E-state index in [-0.39, 0.29) is 53.0 Å². The van der Waals surface area contributed by atoms with Crippen molar-refractivity contribution in [2.24, 2.45) is 5.73 Å². The maximum atomic E-state index is 15.2. The van der Waals surface area contributed by atoms with Crippen LogP contribution in [-0.2, 0) is 35.3 Å². The van der Waals surface area contributed by atoms with Crippen molar-refractivity contribution in [1.29, 1.82) is 0 Å². The minimum atomic E-state index is -4.69. The molecule has 0 aliphatic heterocycles. The second kappa shape index (κ2) is 10.5. The third kappa shape index (κ3) is 5.39. The van der Waals surface area contributed by atoms with Crippen molar-refractivity contribution in [2.45, 2.75) is 25.7 Å². The summed E-state index contributed by atoms with van der Waals surface area (Å²) in [7, 11) is 2.71. The van der Waals surface area contributed by atoms with Crippen LogP contribution in [0.2, 0.25) is 0 Å². The van der Waals surface area contributed by atoms with Crippen LogP contribution in [0.5, 0.6) is 11.5 Å². The van der Waals surface area contributed by atoms with Gasteiger partial charge in [0.1, 0.15) is 41.3 Å². The summed E-state index contributed by atoms with van der Waals surface area (Å²) in [6.45, 7) is -0.276. The van der Waals surface area contributed by atoms with Crippen LogP contribution >= 0.6 is 0 Å². The molecule has 3 aromatic carbocycles. The normalized spacial score (nSPS) is 11.5. The van der Waals surface area contributed by atoms with Gasteiger partial charge in [-0.05, 0) is 23.8 Å². The van der Waals surface area contributed by atoms with Gasteiger partial charge in [-0.2, -0.15) is 13.2 Å². The molecular formula is C27H23F4NO5. The van der Waals surface area contributed by atoms with Crippen molar-refractivity contribution in [1.82, 2.24) is 0 Å². The zero-order chi connectivity index (χ0) is 26.7. The van der Waals surface area contributed by atoms with Gasteiger partial charge in [-0.1, -0.05) is 24.3 Å². The van der Waals surface area contributed by atoms with Crippen LogP contribution in [0.3, 0.4) is 0 Å². The van der Waals surface area contributed by atoms with E-state index in [1.807, 2.05) is 0 Å². The number of alkyl halides is 3. The number of furan rings is 1. The summed E-state index contributed by atoms with van der Waals surface area (Å²) < 4.78 is 77.5. The highest BCUT2D eigenvalue weighted by Gasteiger charge is 2.35. The number of carbonyl (C=O) groups is 1. The molecule has 0 bridgehead atoms. The van der Waals surface area contributed by atoms with Gasteiger partial charge in [0.25, 0.3) is 0 Å². The van der Waals surface area contributed by atoms with Crippen molar-refractivity contribution in [3.63, 3.8) is 0 Å². The molecule has 0 fully saturated rings. The van der Waals surface area contributed by atoms with Crippen molar-refractivity contribution in [3.05, 3.63) is 82.9 Å². The second-order valence-corrected chi connectivity index (χ2v) is 8.17. The minimum absolute atomic E-state index is 0.0469. The van der Waals surface area contributed by atoms with Gasteiger partial charge in [0, 0.05) is 40.3 Å². The minimum Gasteiger partial charge on any atom is -0.497 e. The van der Waals surface area contributed by atoms with Crippen molar-refractivity contribution in [3.8, 4) is 22.6 Å². The van der Waals surface area contributed by atoms with Crippen LogP contribution in [0.4, 0.5) is 17.6 Å². The standard InChI is InChI=1S/C27H23F4NO5/c1-34-18-7-6-16(10-24(33)35-2)23(11-18)36-13-15-8-20(19-5-3-4-17(12-32)25(19)28)26-21(9-15)22(14-37-26)27(29,30)31/h3-9,11,14H,10,12-13,32H2,1-2H3. The van der Waals surface area contributed by atoms with Crippen LogP contribution in [0, 0.1) is 5.82 Å². The van der Waals surface area contributed by atoms with E-state index in [4.69, 9.17) is 24.4 Å². The molecule has 0 saturated heterocycles. The van der Waals surface area contributed by atoms with E-state index < -0.39 is 23.5 Å². The molecule has 4 aromatic rings. The zero-order valence-electron chi connectivity index (χ0n) is 19.9. The number of ether oxygens (including phenoxy) is 3. The predicted molar refractivity (Wildman–Crippen MR) is 128 cm³/mol. The third-order valence-electron chi connectivity index (χ3n) is 5.86. The number of hydrogen-bond donors (Lipinski definition) is 1. The molecule has 4 rings (SSSR count). The number of hydrogen-bond acceptors (Lipinski definition) is 6. The third-order valence-corrected chi connectivity index (χ3v) is 5.86. The fourth-order valence-corrected chi connectivity index (χ4v) is 3.98. The van der Waals surface area contributed by atoms with Gasteiger partial charge in [0.15, 0.2) is 0 Å². The molecule has 0 spiro atoms. The largest absolute Gasteiger partial charge is 0.497 e. The Kier molecular flexibility index (Phi) is 7.40. The van der Waals surface area contributed by atoms with Gasteiger partial charge in [0.05, 0.1) is 20.6 Å². The molecule has 6 nitrogen and oxygen atoms in total. The average Bonchev–Trinajstić information content (AvgIpc) is 3.32. The SMILES string of the molecule is COC(=O)Cc1ccc(OC)cc1OCc1cc(-c2cccc(CN)c2F)c2occ(C(F)(F)F)c2c1. The predicted octanol–water partition coefficient (Wildman–Crippen LogP) is 6.02. The molecule has 1 aromatic heterocycles. The first-order valence-electron chi connectivity index (χ1n) is 11.1. The van der Waals surface area contributed by atoms with Gasteiger partial charge >= 0.3 is 12.1 Å². The molecular weight excluding hydrogens is 494 g/mol. The summed E-state index contributed by atoms with van der Waals surface area (Å²) in [5.74, 6) is -0.412. The molecule has 1 heterocycles. The Balaban J connectivity index is 1.81. The Morgan fingerprint density at radius 2 is 1.81 bits per heavy atom. The number of methoxy groups -OCH3 is 2. The maximum Gasteiger partial charge on any atom is 0.420 e. The Hall–Kier alpha value is -4.05. The van der Waals surface area contributed by atoms with Crippen LogP contribution < -0.4 is 15.2 Å². The Labute approximate surface area is 209 Å². The molecule has 10 heteroatoms. The summed E-state index contributed by atoms with van der Waals surface area (Å²) in [5, 5.41) is -0.235. The average molecular weight is 517 g/mol. The number of fused-ring (bicyclic) bond motifs is 1. The van der Waals surface area contributed by atoms with Gasteiger partial charge < -0.3 is 24.4 Å². The molecule has 0 aliphatic carbocycles. The lowest BCUT2D eigenvalue weighted by atomic mass is 9.97. The van der Waals surface area contributed by atoms with Gasteiger partial charge in [0.2, 0.25) is 0 Å². The highest BCUT2D eigenvalue weighted by Crippen LogP contribution is 2.41. The number of halogens is 4. The van der Waals surface area contributed by atoms with E-state index in [0.29, 0.717) is 23.1 Å². The van der Waals surface area contributed by atoms with E-state index in [9.17, 15) is 18.0 Å². The van der Waals surface area contributed by atoms with E-state index >= 15 is 4.39 Å². The van der Waals surface area contributed by atoms with Gasteiger partial charge in [-0.25, -0.2) is 4.39 Å². The summed E-state index contributed by atoms with van der Waals surface area (Å²) >= 11 is 0. The van der Waals surface area contributed by atoms with Crippen LogP contribution in [0.15, 0.2) is 59.2 Å². The highest BCUT2D eigenvalue weighted by atomic mass is 19.4. The molecule has 2 N–H and O–H groups in total.